The Balaban J connectivity index is 2.23. The molecule has 1 aliphatic heterocycles. The highest BCUT2D eigenvalue weighted by atomic mass is 79.9. The molecule has 1 heterocycles. The van der Waals surface area contributed by atoms with Gasteiger partial charge in [0.25, 0.3) is 0 Å². The molecule has 1 fully saturated rings. The van der Waals surface area contributed by atoms with Gasteiger partial charge >= 0.3 is 0 Å². The van der Waals surface area contributed by atoms with Crippen LogP contribution in [0.2, 0.25) is 5.02 Å². The van der Waals surface area contributed by atoms with Crippen LogP contribution in [0.15, 0.2) is 22.7 Å². The first kappa shape index (κ1) is 13.7. The minimum atomic E-state index is -2.90. The molecule has 17 heavy (non-hydrogen) atoms. The number of sulfone groups is 1. The zero-order valence-electron chi connectivity index (χ0n) is 8.87. The first-order valence-corrected chi connectivity index (χ1v) is 8.61. The summed E-state index contributed by atoms with van der Waals surface area (Å²) in [5.41, 5.74) is 0.901. The summed E-state index contributed by atoms with van der Waals surface area (Å²) in [6, 6.07) is 5.38. The third-order valence-electron chi connectivity index (χ3n) is 2.94. The van der Waals surface area contributed by atoms with E-state index in [0.29, 0.717) is 11.4 Å². The van der Waals surface area contributed by atoms with E-state index in [2.05, 4.69) is 15.9 Å². The largest absolute Gasteiger partial charge is 0.229 e. The average Bonchev–Trinajstić information content (AvgIpc) is 2.58. The molecule has 2 rings (SSSR count). The van der Waals surface area contributed by atoms with Crippen LogP contribution >= 0.6 is 39.1 Å². The van der Waals surface area contributed by atoms with Crippen LogP contribution in [0.5, 0.6) is 0 Å². The van der Waals surface area contributed by atoms with Gasteiger partial charge in [-0.1, -0.05) is 33.6 Å². The maximum absolute atomic E-state index is 11.4. The minimum Gasteiger partial charge on any atom is -0.229 e. The molecule has 0 radical (unpaired) electrons. The van der Waals surface area contributed by atoms with Crippen molar-refractivity contribution < 1.29 is 8.42 Å². The number of hydrogen-bond acceptors (Lipinski definition) is 2. The number of halogens is 3. The molecule has 1 aromatic rings. The fourth-order valence-corrected chi connectivity index (χ4v) is 5.45. The van der Waals surface area contributed by atoms with E-state index >= 15 is 0 Å². The van der Waals surface area contributed by atoms with Crippen molar-refractivity contribution in [2.24, 2.45) is 5.92 Å². The van der Waals surface area contributed by atoms with Gasteiger partial charge < -0.3 is 0 Å². The molecule has 0 spiro atoms. The van der Waals surface area contributed by atoms with Crippen molar-refractivity contribution in [2.45, 2.75) is 11.8 Å². The van der Waals surface area contributed by atoms with Crippen LogP contribution in [0.3, 0.4) is 0 Å². The molecule has 0 aliphatic carbocycles. The van der Waals surface area contributed by atoms with Crippen LogP contribution in [-0.4, -0.2) is 19.9 Å². The normalized spacial score (nSPS) is 24.8. The second-order valence-electron chi connectivity index (χ2n) is 4.23. The monoisotopic (exact) mass is 356 g/mol. The summed E-state index contributed by atoms with van der Waals surface area (Å²) in [5, 5.41) is 0.336. The zero-order valence-corrected chi connectivity index (χ0v) is 12.8. The standard InChI is InChI=1S/C11H11BrCl2O2S/c12-10-5-8(13)1-2-9(10)11(14)7-3-4-17(15,16)6-7/h1-2,5,7,11H,3-4,6H2. The van der Waals surface area contributed by atoms with Crippen LogP contribution in [0.4, 0.5) is 0 Å². The van der Waals surface area contributed by atoms with Gasteiger partial charge in [-0.15, -0.1) is 11.6 Å². The molecular weight excluding hydrogens is 347 g/mol. The van der Waals surface area contributed by atoms with Crippen LogP contribution in [0.25, 0.3) is 0 Å². The molecule has 94 valence electrons. The molecule has 6 heteroatoms. The maximum Gasteiger partial charge on any atom is 0.150 e. The quantitative estimate of drug-likeness (QED) is 0.754. The molecule has 0 N–H and O–H groups in total. The molecule has 1 saturated heterocycles. The van der Waals surface area contributed by atoms with Crippen molar-refractivity contribution in [1.29, 1.82) is 0 Å². The molecule has 1 aromatic carbocycles. The maximum atomic E-state index is 11.4. The van der Waals surface area contributed by atoms with Crippen molar-refractivity contribution in [3.8, 4) is 0 Å². The predicted molar refractivity (Wildman–Crippen MR) is 74.5 cm³/mol. The SMILES string of the molecule is O=S1(=O)CCC(C(Cl)c2ccc(Cl)cc2Br)C1. The Morgan fingerprint density at radius 3 is 2.65 bits per heavy atom. The molecule has 2 nitrogen and oxygen atoms in total. The van der Waals surface area contributed by atoms with E-state index in [1.54, 1.807) is 12.1 Å². The van der Waals surface area contributed by atoms with E-state index < -0.39 is 9.84 Å². The van der Waals surface area contributed by atoms with E-state index in [-0.39, 0.29) is 22.8 Å². The Labute approximate surface area is 119 Å². The molecule has 2 atom stereocenters. The summed E-state index contributed by atoms with van der Waals surface area (Å²) in [4.78, 5) is 0. The first-order chi connectivity index (χ1) is 7.89. The van der Waals surface area contributed by atoms with Crippen LogP contribution in [-0.2, 0) is 9.84 Å². The van der Waals surface area contributed by atoms with E-state index in [1.807, 2.05) is 6.07 Å². The Bertz CT molecular complexity index is 530. The predicted octanol–water partition coefficient (Wildman–Crippen LogP) is 3.82. The number of rotatable bonds is 2. The fourth-order valence-electron chi connectivity index (χ4n) is 2.03. The smallest absolute Gasteiger partial charge is 0.150 e. The van der Waals surface area contributed by atoms with Gasteiger partial charge in [-0.25, -0.2) is 8.42 Å². The molecule has 2 unspecified atom stereocenters. The Morgan fingerprint density at radius 2 is 2.12 bits per heavy atom. The summed E-state index contributed by atoms with van der Waals surface area (Å²) >= 11 is 15.6. The summed E-state index contributed by atoms with van der Waals surface area (Å²) in [6.07, 6.45) is 0.631. The molecule has 1 aliphatic rings. The van der Waals surface area contributed by atoms with Crippen molar-refractivity contribution >= 4 is 49.0 Å². The Hall–Kier alpha value is 0.230. The van der Waals surface area contributed by atoms with Crippen molar-refractivity contribution in [3.05, 3.63) is 33.3 Å². The van der Waals surface area contributed by atoms with Gasteiger partial charge in [0, 0.05) is 9.50 Å². The van der Waals surface area contributed by atoms with Crippen LogP contribution < -0.4 is 0 Å². The molecule has 0 bridgehead atoms. The first-order valence-electron chi connectivity index (χ1n) is 5.18. The second-order valence-corrected chi connectivity index (χ2v) is 8.22. The summed E-state index contributed by atoms with van der Waals surface area (Å²) in [7, 11) is -2.90. The molecular formula is C11H11BrCl2O2S. The van der Waals surface area contributed by atoms with Crippen LogP contribution in [0, 0.1) is 5.92 Å². The Morgan fingerprint density at radius 1 is 1.41 bits per heavy atom. The van der Waals surface area contributed by atoms with Crippen molar-refractivity contribution in [2.75, 3.05) is 11.5 Å². The fraction of sp³-hybridized carbons (Fsp3) is 0.455. The van der Waals surface area contributed by atoms with Crippen molar-refractivity contribution in [3.63, 3.8) is 0 Å². The van der Waals surface area contributed by atoms with E-state index in [0.717, 1.165) is 10.0 Å². The highest BCUT2D eigenvalue weighted by molar-refractivity contribution is 9.10. The summed E-state index contributed by atoms with van der Waals surface area (Å²) in [5.74, 6) is 0.404. The average molecular weight is 358 g/mol. The van der Waals surface area contributed by atoms with Gasteiger partial charge in [-0.3, -0.25) is 0 Å². The summed E-state index contributed by atoms with van der Waals surface area (Å²) < 4.78 is 23.7. The van der Waals surface area contributed by atoms with E-state index in [4.69, 9.17) is 23.2 Å². The third kappa shape index (κ3) is 3.16. The number of hydrogen-bond donors (Lipinski definition) is 0. The Kier molecular flexibility index (Phi) is 4.08. The zero-order chi connectivity index (χ0) is 12.6. The molecule has 0 aromatic heterocycles. The lowest BCUT2D eigenvalue weighted by Crippen LogP contribution is -2.10. The van der Waals surface area contributed by atoms with Gasteiger partial charge in [-0.2, -0.15) is 0 Å². The molecule has 0 saturated carbocycles. The van der Waals surface area contributed by atoms with Gasteiger partial charge in [0.1, 0.15) is 0 Å². The summed E-state index contributed by atoms with van der Waals surface area (Å²) in [6.45, 7) is 0. The molecule has 0 amide bonds. The highest BCUT2D eigenvalue weighted by Gasteiger charge is 2.34. The van der Waals surface area contributed by atoms with Gasteiger partial charge in [0.05, 0.1) is 16.9 Å². The van der Waals surface area contributed by atoms with Crippen molar-refractivity contribution in [1.82, 2.24) is 0 Å². The van der Waals surface area contributed by atoms with E-state index in [1.165, 1.54) is 0 Å². The number of benzene rings is 1. The lowest BCUT2D eigenvalue weighted by Gasteiger charge is -2.17. The van der Waals surface area contributed by atoms with Gasteiger partial charge in [0.2, 0.25) is 0 Å². The lowest BCUT2D eigenvalue weighted by molar-refractivity contribution is 0.568. The van der Waals surface area contributed by atoms with Gasteiger partial charge in [-0.05, 0) is 30.0 Å². The van der Waals surface area contributed by atoms with E-state index in [9.17, 15) is 8.42 Å². The topological polar surface area (TPSA) is 34.1 Å². The third-order valence-corrected chi connectivity index (χ3v) is 6.25. The van der Waals surface area contributed by atoms with Gasteiger partial charge in [0.15, 0.2) is 9.84 Å². The van der Waals surface area contributed by atoms with Crippen LogP contribution in [0.1, 0.15) is 17.4 Å². The highest BCUT2D eigenvalue weighted by Crippen LogP contribution is 2.39. The minimum absolute atomic E-state index is 0.0147. The second kappa shape index (κ2) is 5.08. The number of alkyl halides is 1. The lowest BCUT2D eigenvalue weighted by atomic mass is 9.98.